The van der Waals surface area contributed by atoms with Crippen LogP contribution in [0.15, 0.2) is 12.1 Å². The maximum absolute atomic E-state index is 10.5. The number of aromatic hydroxyl groups is 1. The van der Waals surface area contributed by atoms with Gasteiger partial charge < -0.3 is 5.11 Å². The van der Waals surface area contributed by atoms with E-state index in [9.17, 15) is 25.0 Å². The normalized spacial score (nSPS) is 9.60. The summed E-state index contributed by atoms with van der Waals surface area (Å²) in [6.07, 6.45) is -0.0318. The van der Waals surface area contributed by atoms with E-state index < -0.39 is 32.5 Å². The van der Waals surface area contributed by atoms with Crippen LogP contribution < -0.4 is 0 Å². The fourth-order valence-electron chi connectivity index (χ4n) is 1.05. The summed E-state index contributed by atoms with van der Waals surface area (Å²) in [6.45, 7) is 0. The first-order chi connectivity index (χ1) is 6.99. The Bertz CT molecular complexity index is 455. The van der Waals surface area contributed by atoms with Crippen LogP contribution in [0, 0.1) is 20.2 Å². The van der Waals surface area contributed by atoms with E-state index in [0.717, 1.165) is 12.1 Å². The highest BCUT2D eigenvalue weighted by Crippen LogP contribution is 2.34. The van der Waals surface area contributed by atoms with E-state index in [0.29, 0.717) is 0 Å². The molecule has 1 N–H and O–H groups in total. The zero-order valence-corrected chi connectivity index (χ0v) is 7.11. The Kier molecular flexibility index (Phi) is 2.61. The van der Waals surface area contributed by atoms with Crippen LogP contribution >= 0.6 is 0 Å². The van der Waals surface area contributed by atoms with Crippen LogP contribution in [0.25, 0.3) is 0 Å². The van der Waals surface area contributed by atoms with Gasteiger partial charge in [0, 0.05) is 6.07 Å². The molecule has 0 saturated heterocycles. The van der Waals surface area contributed by atoms with Crippen LogP contribution in [0.1, 0.15) is 10.4 Å². The first-order valence-electron chi connectivity index (χ1n) is 3.59. The average molecular weight is 212 g/mol. The minimum absolute atomic E-state index is 0.0318. The van der Waals surface area contributed by atoms with Gasteiger partial charge in [0.25, 0.3) is 5.69 Å². The van der Waals surface area contributed by atoms with Gasteiger partial charge in [0.05, 0.1) is 9.85 Å². The lowest BCUT2D eigenvalue weighted by Crippen LogP contribution is -2.00. The molecule has 1 rings (SSSR count). The number of benzene rings is 1. The second-order valence-electron chi connectivity index (χ2n) is 2.50. The maximum Gasteiger partial charge on any atom is 0.328 e. The summed E-state index contributed by atoms with van der Waals surface area (Å²) >= 11 is 0. The monoisotopic (exact) mass is 212 g/mol. The van der Waals surface area contributed by atoms with E-state index >= 15 is 0 Å². The summed E-state index contributed by atoms with van der Waals surface area (Å²) in [4.78, 5) is 29.4. The summed E-state index contributed by atoms with van der Waals surface area (Å²) in [7, 11) is 0. The molecule has 0 atom stereocenters. The molecule has 0 amide bonds. The number of nitro groups is 2. The first-order valence-corrected chi connectivity index (χ1v) is 3.59. The van der Waals surface area contributed by atoms with Crippen LogP contribution in [0.5, 0.6) is 5.75 Å². The molecule has 78 valence electrons. The van der Waals surface area contributed by atoms with Crippen molar-refractivity contribution in [2.75, 3.05) is 0 Å². The van der Waals surface area contributed by atoms with Crippen LogP contribution in [-0.2, 0) is 0 Å². The molecule has 0 heterocycles. The molecule has 0 aromatic heterocycles. The number of phenolic OH excluding ortho intramolecular Hbond substituents is 1. The molecule has 0 aliphatic rings. The molecule has 0 fully saturated rings. The molecular formula is C7H4N2O6. The molecule has 8 nitrogen and oxygen atoms in total. The number of phenols is 1. The zero-order valence-electron chi connectivity index (χ0n) is 7.11. The van der Waals surface area contributed by atoms with Crippen LogP contribution in [0.2, 0.25) is 0 Å². The SMILES string of the molecule is O=Cc1c([N+](=O)[O-])ccc(O)c1[N+](=O)[O-]. The van der Waals surface area contributed by atoms with Crippen molar-refractivity contribution in [3.63, 3.8) is 0 Å². The third kappa shape index (κ3) is 1.73. The summed E-state index contributed by atoms with van der Waals surface area (Å²) in [6, 6.07) is 1.62. The topological polar surface area (TPSA) is 124 Å². The second-order valence-corrected chi connectivity index (χ2v) is 2.50. The third-order valence-electron chi connectivity index (χ3n) is 1.67. The Balaban J connectivity index is 3.61. The van der Waals surface area contributed by atoms with E-state index in [1.807, 2.05) is 0 Å². The Hall–Kier alpha value is -2.51. The van der Waals surface area contributed by atoms with Crippen LogP contribution in [0.3, 0.4) is 0 Å². The molecule has 8 heteroatoms. The van der Waals surface area contributed by atoms with Crippen molar-refractivity contribution in [1.29, 1.82) is 0 Å². The van der Waals surface area contributed by atoms with Crippen LogP contribution in [0.4, 0.5) is 11.4 Å². The number of nitro benzene ring substituents is 2. The van der Waals surface area contributed by atoms with Crippen molar-refractivity contribution in [2.24, 2.45) is 0 Å². The Morgan fingerprint density at radius 1 is 1.20 bits per heavy atom. The van der Waals surface area contributed by atoms with E-state index in [1.165, 1.54) is 0 Å². The molecule has 0 spiro atoms. The highest BCUT2D eigenvalue weighted by molar-refractivity contribution is 5.89. The minimum atomic E-state index is -1.05. The predicted octanol–water partition coefficient (Wildman–Crippen LogP) is 1.02. The Morgan fingerprint density at radius 2 is 1.80 bits per heavy atom. The van der Waals surface area contributed by atoms with E-state index in [4.69, 9.17) is 5.11 Å². The third-order valence-corrected chi connectivity index (χ3v) is 1.67. The first kappa shape index (κ1) is 10.6. The maximum atomic E-state index is 10.5. The molecular weight excluding hydrogens is 208 g/mol. The summed E-state index contributed by atoms with van der Waals surface area (Å²) < 4.78 is 0. The predicted molar refractivity (Wildman–Crippen MR) is 46.8 cm³/mol. The fraction of sp³-hybridized carbons (Fsp3) is 0. The van der Waals surface area contributed by atoms with E-state index in [1.54, 1.807) is 0 Å². The van der Waals surface area contributed by atoms with Crippen molar-refractivity contribution in [1.82, 2.24) is 0 Å². The number of aldehydes is 1. The Labute approximate surface area is 82.1 Å². The van der Waals surface area contributed by atoms with Crippen molar-refractivity contribution >= 4 is 17.7 Å². The van der Waals surface area contributed by atoms with Crippen molar-refractivity contribution in [3.8, 4) is 5.75 Å². The van der Waals surface area contributed by atoms with E-state index in [-0.39, 0.29) is 6.29 Å². The van der Waals surface area contributed by atoms with Crippen molar-refractivity contribution < 1.29 is 19.7 Å². The van der Waals surface area contributed by atoms with Gasteiger partial charge in [0.15, 0.2) is 17.6 Å². The molecule has 15 heavy (non-hydrogen) atoms. The molecule has 1 aromatic carbocycles. The molecule has 0 saturated carbocycles. The van der Waals surface area contributed by atoms with Gasteiger partial charge in [-0.2, -0.15) is 0 Å². The molecule has 0 aliphatic heterocycles. The van der Waals surface area contributed by atoms with Gasteiger partial charge in [-0.15, -0.1) is 0 Å². The molecule has 0 unspecified atom stereocenters. The number of rotatable bonds is 3. The van der Waals surface area contributed by atoms with Crippen molar-refractivity contribution in [3.05, 3.63) is 37.9 Å². The number of carbonyl (C=O) groups is 1. The van der Waals surface area contributed by atoms with Gasteiger partial charge >= 0.3 is 5.69 Å². The van der Waals surface area contributed by atoms with Gasteiger partial charge in [0.2, 0.25) is 0 Å². The largest absolute Gasteiger partial charge is 0.502 e. The summed E-state index contributed by atoms with van der Waals surface area (Å²) in [5, 5.41) is 29.9. The molecule has 0 aliphatic carbocycles. The highest BCUT2D eigenvalue weighted by atomic mass is 16.6. The van der Waals surface area contributed by atoms with Gasteiger partial charge in [-0.3, -0.25) is 25.0 Å². The van der Waals surface area contributed by atoms with Gasteiger partial charge in [-0.05, 0) is 6.07 Å². The van der Waals surface area contributed by atoms with Gasteiger partial charge in [-0.1, -0.05) is 0 Å². The summed E-state index contributed by atoms with van der Waals surface area (Å²) in [5.41, 5.74) is -2.42. The highest BCUT2D eigenvalue weighted by Gasteiger charge is 2.28. The average Bonchev–Trinajstić information content (AvgIpc) is 2.15. The quantitative estimate of drug-likeness (QED) is 0.453. The summed E-state index contributed by atoms with van der Waals surface area (Å²) in [5.74, 6) is -0.785. The minimum Gasteiger partial charge on any atom is -0.502 e. The lowest BCUT2D eigenvalue weighted by Gasteiger charge is -1.99. The van der Waals surface area contributed by atoms with Crippen molar-refractivity contribution in [2.45, 2.75) is 0 Å². The number of hydrogen-bond acceptors (Lipinski definition) is 6. The van der Waals surface area contributed by atoms with Gasteiger partial charge in [0.1, 0.15) is 0 Å². The smallest absolute Gasteiger partial charge is 0.328 e. The number of nitrogens with zero attached hydrogens (tertiary/aromatic N) is 2. The molecule has 0 radical (unpaired) electrons. The second kappa shape index (κ2) is 3.70. The van der Waals surface area contributed by atoms with Crippen LogP contribution in [-0.4, -0.2) is 21.2 Å². The zero-order chi connectivity index (χ0) is 11.6. The lowest BCUT2D eigenvalue weighted by molar-refractivity contribution is -0.395. The Morgan fingerprint density at radius 3 is 2.20 bits per heavy atom. The van der Waals surface area contributed by atoms with Gasteiger partial charge in [-0.25, -0.2) is 0 Å². The number of hydrogen-bond donors (Lipinski definition) is 1. The number of carbonyl (C=O) groups excluding carboxylic acids is 1. The standard InChI is InChI=1S/C7H4N2O6/c10-3-4-5(8(12)13)1-2-6(11)7(4)9(14)15/h1-3,11H. The molecule has 1 aromatic rings. The fourth-order valence-corrected chi connectivity index (χ4v) is 1.05. The lowest BCUT2D eigenvalue weighted by atomic mass is 10.1. The van der Waals surface area contributed by atoms with E-state index in [2.05, 4.69) is 0 Å². The molecule has 0 bridgehead atoms.